The highest BCUT2D eigenvalue weighted by Gasteiger charge is 2.62. The number of primary amides is 1. The second-order valence-corrected chi connectivity index (χ2v) is 8.92. The summed E-state index contributed by atoms with van der Waals surface area (Å²) in [5, 5.41) is 42.9. The second-order valence-electron chi connectivity index (χ2n) is 7.76. The van der Waals surface area contributed by atoms with Gasteiger partial charge in [0.25, 0.3) is 5.91 Å². The molecule has 0 radical (unpaired) electrons. The summed E-state index contributed by atoms with van der Waals surface area (Å²) in [6.07, 6.45) is 0.434. The fourth-order valence-corrected chi connectivity index (χ4v) is 5.57. The molecular formula is C20H18INO7. The summed E-state index contributed by atoms with van der Waals surface area (Å²) in [4.78, 5) is 37.6. The Balaban J connectivity index is 1.98. The van der Waals surface area contributed by atoms with Crippen molar-refractivity contribution in [2.45, 2.75) is 25.4 Å². The van der Waals surface area contributed by atoms with E-state index in [9.17, 15) is 34.8 Å². The van der Waals surface area contributed by atoms with Crippen LogP contribution in [0.25, 0.3) is 5.76 Å². The van der Waals surface area contributed by atoms with Crippen LogP contribution in [-0.4, -0.2) is 43.5 Å². The van der Waals surface area contributed by atoms with Crippen LogP contribution < -0.4 is 5.73 Å². The summed E-state index contributed by atoms with van der Waals surface area (Å²) >= 11 is 2.07. The van der Waals surface area contributed by atoms with Crippen LogP contribution in [0.4, 0.5) is 0 Å². The van der Waals surface area contributed by atoms with Gasteiger partial charge >= 0.3 is 0 Å². The number of rotatable bonds is 1. The Kier molecular flexibility index (Phi) is 4.32. The van der Waals surface area contributed by atoms with Gasteiger partial charge in [-0.3, -0.25) is 14.4 Å². The molecule has 9 heteroatoms. The molecule has 152 valence electrons. The van der Waals surface area contributed by atoms with Gasteiger partial charge in [-0.05, 0) is 59.0 Å². The number of phenols is 1. The SMILES string of the molecule is C[C@@H]1C(=O)C(C(N)=O)=C(O)[C@@]2(O)C(=O)C3=C(O)c4c(O)ccc(I)c4C[C@H]3C[C@@H]12. The number of Topliss-reactive ketones (excluding diaryl/α,β-unsaturated/α-hetero) is 2. The predicted molar refractivity (Wildman–Crippen MR) is 109 cm³/mol. The highest BCUT2D eigenvalue weighted by Crippen LogP contribution is 2.53. The number of carbonyl (C=O) groups is 3. The third kappa shape index (κ3) is 2.43. The van der Waals surface area contributed by atoms with Crippen molar-refractivity contribution in [1.82, 2.24) is 0 Å². The Hall–Kier alpha value is -2.40. The molecule has 0 saturated heterocycles. The third-order valence-corrected chi connectivity index (χ3v) is 7.37. The Morgan fingerprint density at radius 1 is 1.24 bits per heavy atom. The number of aliphatic hydroxyl groups is 3. The maximum Gasteiger partial charge on any atom is 0.255 e. The van der Waals surface area contributed by atoms with Gasteiger partial charge in [-0.2, -0.15) is 0 Å². The standard InChI is InChI=1S/C20H18INO7/c1-6-9-5-7-4-8-10(21)2-3-11(23)13(8)16(25)12(7)17(26)20(9,29)18(27)14(15(6)24)19(22)28/h2-3,6-7,9,23,25,27,29H,4-5H2,1H3,(H2,22,28)/t6-,7-,9-,20-/m0/s1. The van der Waals surface area contributed by atoms with Crippen molar-refractivity contribution in [2.75, 3.05) is 0 Å². The van der Waals surface area contributed by atoms with E-state index in [2.05, 4.69) is 22.6 Å². The van der Waals surface area contributed by atoms with Crippen molar-refractivity contribution in [1.29, 1.82) is 0 Å². The fourth-order valence-electron chi connectivity index (χ4n) is 4.90. The lowest BCUT2D eigenvalue weighted by molar-refractivity contribution is -0.152. The van der Waals surface area contributed by atoms with Crippen LogP contribution in [0.2, 0.25) is 0 Å². The second kappa shape index (κ2) is 6.30. The Bertz CT molecular complexity index is 1070. The first-order valence-electron chi connectivity index (χ1n) is 9.00. The van der Waals surface area contributed by atoms with Gasteiger partial charge in [-0.15, -0.1) is 0 Å². The summed E-state index contributed by atoms with van der Waals surface area (Å²) in [7, 11) is 0. The summed E-state index contributed by atoms with van der Waals surface area (Å²) in [5.74, 6) is -7.14. The van der Waals surface area contributed by atoms with Gasteiger partial charge in [0.2, 0.25) is 5.78 Å². The van der Waals surface area contributed by atoms with Crippen LogP contribution in [0.15, 0.2) is 29.0 Å². The van der Waals surface area contributed by atoms with Crippen molar-refractivity contribution in [3.8, 4) is 5.75 Å². The number of aromatic hydroxyl groups is 1. The van der Waals surface area contributed by atoms with E-state index in [1.807, 2.05) is 0 Å². The number of halogens is 1. The smallest absolute Gasteiger partial charge is 0.255 e. The monoisotopic (exact) mass is 511 g/mol. The Labute approximate surface area is 178 Å². The molecule has 0 aliphatic heterocycles. The first kappa shape index (κ1) is 19.9. The molecule has 3 aliphatic carbocycles. The fraction of sp³-hybridized carbons (Fsp3) is 0.350. The van der Waals surface area contributed by atoms with E-state index in [1.54, 1.807) is 6.07 Å². The lowest BCUT2D eigenvalue weighted by Crippen LogP contribution is -2.61. The number of hydrogen-bond acceptors (Lipinski definition) is 7. The van der Waals surface area contributed by atoms with Gasteiger partial charge in [0.05, 0.1) is 5.56 Å². The zero-order valence-corrected chi connectivity index (χ0v) is 17.4. The largest absolute Gasteiger partial charge is 0.508 e. The van der Waals surface area contributed by atoms with Gasteiger partial charge in [0.1, 0.15) is 22.8 Å². The molecule has 1 fully saturated rings. The van der Waals surface area contributed by atoms with E-state index >= 15 is 0 Å². The molecule has 0 spiro atoms. The van der Waals surface area contributed by atoms with Crippen LogP contribution in [0.3, 0.4) is 0 Å². The quantitative estimate of drug-likeness (QED) is 0.281. The minimum atomic E-state index is -2.55. The maximum atomic E-state index is 13.4. The van der Waals surface area contributed by atoms with Crippen LogP contribution in [0.1, 0.15) is 24.5 Å². The Morgan fingerprint density at radius 2 is 1.90 bits per heavy atom. The number of nitrogens with two attached hydrogens (primary N) is 1. The molecular weight excluding hydrogens is 493 g/mol. The molecule has 0 unspecified atom stereocenters. The van der Waals surface area contributed by atoms with E-state index in [1.165, 1.54) is 13.0 Å². The van der Waals surface area contributed by atoms with Crippen molar-refractivity contribution in [3.63, 3.8) is 0 Å². The number of amides is 1. The van der Waals surface area contributed by atoms with Gasteiger partial charge in [-0.1, -0.05) is 6.92 Å². The molecule has 1 saturated carbocycles. The number of ketones is 2. The van der Waals surface area contributed by atoms with Crippen LogP contribution in [0, 0.1) is 21.3 Å². The number of phenolic OH excluding ortho intramolecular Hbond substituents is 1. The van der Waals surface area contributed by atoms with E-state index in [0.717, 1.165) is 3.57 Å². The summed E-state index contributed by atoms with van der Waals surface area (Å²) in [5.41, 5.74) is 2.50. The normalized spacial score (nSPS) is 31.3. The topological polar surface area (TPSA) is 158 Å². The van der Waals surface area contributed by atoms with Crippen molar-refractivity contribution in [2.24, 2.45) is 23.5 Å². The summed E-state index contributed by atoms with van der Waals surface area (Å²) in [6.45, 7) is 1.47. The Morgan fingerprint density at radius 3 is 2.52 bits per heavy atom. The van der Waals surface area contributed by atoms with E-state index in [-0.39, 0.29) is 23.3 Å². The number of carbonyl (C=O) groups excluding carboxylic acids is 3. The molecule has 0 heterocycles. The molecule has 0 bridgehead atoms. The zero-order valence-electron chi connectivity index (χ0n) is 15.3. The maximum absolute atomic E-state index is 13.4. The zero-order chi connectivity index (χ0) is 21.4. The molecule has 4 atom stereocenters. The van der Waals surface area contributed by atoms with E-state index < -0.39 is 57.9 Å². The lowest BCUT2D eigenvalue weighted by Gasteiger charge is -2.48. The molecule has 29 heavy (non-hydrogen) atoms. The molecule has 6 N–H and O–H groups in total. The number of aliphatic hydroxyl groups excluding tert-OH is 2. The third-order valence-electron chi connectivity index (χ3n) is 6.36. The highest BCUT2D eigenvalue weighted by molar-refractivity contribution is 14.1. The van der Waals surface area contributed by atoms with Gasteiger partial charge in [0.15, 0.2) is 11.4 Å². The summed E-state index contributed by atoms with van der Waals surface area (Å²) in [6, 6.07) is 3.08. The van der Waals surface area contributed by atoms with E-state index in [0.29, 0.717) is 12.0 Å². The predicted octanol–water partition coefficient (Wildman–Crippen LogP) is 1.27. The number of fused-ring (bicyclic) bond motifs is 3. The minimum Gasteiger partial charge on any atom is -0.508 e. The van der Waals surface area contributed by atoms with Gasteiger partial charge < -0.3 is 26.2 Å². The van der Waals surface area contributed by atoms with Gasteiger partial charge in [-0.25, -0.2) is 0 Å². The average molecular weight is 511 g/mol. The molecule has 1 aromatic rings. The van der Waals surface area contributed by atoms with Gasteiger partial charge in [0, 0.05) is 21.0 Å². The average Bonchev–Trinajstić information content (AvgIpc) is 2.65. The number of hydrogen-bond donors (Lipinski definition) is 5. The first-order chi connectivity index (χ1) is 13.5. The molecule has 4 rings (SSSR count). The molecule has 3 aliphatic rings. The van der Waals surface area contributed by atoms with E-state index in [4.69, 9.17) is 5.73 Å². The number of benzene rings is 1. The van der Waals surface area contributed by atoms with Crippen molar-refractivity contribution in [3.05, 3.63) is 43.7 Å². The molecule has 1 aromatic carbocycles. The lowest BCUT2D eigenvalue weighted by atomic mass is 9.56. The molecule has 0 aromatic heterocycles. The summed E-state index contributed by atoms with van der Waals surface area (Å²) < 4.78 is 0.792. The highest BCUT2D eigenvalue weighted by atomic mass is 127. The van der Waals surface area contributed by atoms with Crippen LogP contribution in [-0.2, 0) is 20.8 Å². The molecule has 1 amide bonds. The van der Waals surface area contributed by atoms with Crippen molar-refractivity contribution >= 4 is 45.8 Å². The first-order valence-corrected chi connectivity index (χ1v) is 10.1. The molecule has 8 nitrogen and oxygen atoms in total. The van der Waals surface area contributed by atoms with Crippen LogP contribution >= 0.6 is 22.6 Å². The minimum absolute atomic E-state index is 0.108. The van der Waals surface area contributed by atoms with Crippen LogP contribution in [0.5, 0.6) is 5.75 Å². The van der Waals surface area contributed by atoms with Crippen molar-refractivity contribution < 1.29 is 34.8 Å².